The van der Waals surface area contributed by atoms with E-state index in [0.717, 1.165) is 33.8 Å². The van der Waals surface area contributed by atoms with Crippen LogP contribution in [0.1, 0.15) is 67.8 Å². The van der Waals surface area contributed by atoms with Gasteiger partial charge in [0.05, 0.1) is 17.4 Å². The van der Waals surface area contributed by atoms with Crippen LogP contribution < -0.4 is 10.2 Å². The molecule has 0 saturated heterocycles. The maximum atomic E-state index is 14.2. The van der Waals surface area contributed by atoms with E-state index in [4.69, 9.17) is 0 Å². The second-order valence-electron chi connectivity index (χ2n) is 12.1. The van der Waals surface area contributed by atoms with Crippen LogP contribution in [0.4, 0.5) is 11.4 Å². The van der Waals surface area contributed by atoms with Gasteiger partial charge in [0.25, 0.3) is 5.91 Å². The van der Waals surface area contributed by atoms with Gasteiger partial charge in [0, 0.05) is 36.2 Å². The van der Waals surface area contributed by atoms with Crippen molar-refractivity contribution < 1.29 is 9.59 Å². The van der Waals surface area contributed by atoms with Crippen molar-refractivity contribution in [3.8, 4) is 0 Å². The van der Waals surface area contributed by atoms with Crippen molar-refractivity contribution in [2.24, 2.45) is 0 Å². The molecule has 2 aliphatic rings. The van der Waals surface area contributed by atoms with Crippen LogP contribution >= 0.6 is 0 Å². The van der Waals surface area contributed by atoms with Gasteiger partial charge in [-0.2, -0.15) is 0 Å². The SMILES string of the molecule is CC(C)(C)c1ccc([C@H]2CC(=O)C3=C(C2)Nc2ccccc2N(C(=O)/C=C/c2ccccc2)[C@H]3c2cccnc2)cc1. The molecule has 1 aromatic heterocycles. The predicted octanol–water partition coefficient (Wildman–Crippen LogP) is 7.99. The molecule has 0 unspecified atom stereocenters. The molecule has 210 valence electrons. The highest BCUT2D eigenvalue weighted by Gasteiger charge is 2.41. The minimum Gasteiger partial charge on any atom is -0.357 e. The van der Waals surface area contributed by atoms with E-state index in [1.165, 1.54) is 5.56 Å². The van der Waals surface area contributed by atoms with E-state index in [2.05, 4.69) is 55.3 Å². The minimum atomic E-state index is -0.616. The van der Waals surface area contributed by atoms with Crippen molar-refractivity contribution in [2.75, 3.05) is 10.2 Å². The number of aromatic nitrogens is 1. The standard InChI is InChI=1S/C37H35N3O2/c1-37(2,3)29-18-16-26(17-19-29)28-22-31-35(33(41)23-28)36(27-12-9-21-38-24-27)40(32-14-8-7-13-30(32)39-31)34(42)20-15-25-10-5-4-6-11-25/h4-21,24,28,36,39H,22-23H2,1-3H3/b20-15+/t28-,36+/m1/s1. The number of hydrogen-bond donors (Lipinski definition) is 1. The summed E-state index contributed by atoms with van der Waals surface area (Å²) in [6.45, 7) is 6.62. The number of allylic oxidation sites excluding steroid dienone is 1. The van der Waals surface area contributed by atoms with Gasteiger partial charge in [0.15, 0.2) is 5.78 Å². The summed E-state index contributed by atoms with van der Waals surface area (Å²) >= 11 is 0. The van der Waals surface area contributed by atoms with Gasteiger partial charge in [-0.25, -0.2) is 0 Å². The molecule has 1 aliphatic heterocycles. The first-order valence-corrected chi connectivity index (χ1v) is 14.5. The van der Waals surface area contributed by atoms with Gasteiger partial charge in [-0.3, -0.25) is 19.5 Å². The number of ketones is 1. The summed E-state index contributed by atoms with van der Waals surface area (Å²) in [5.41, 5.74) is 7.22. The van der Waals surface area contributed by atoms with Crippen molar-refractivity contribution in [2.45, 2.75) is 51.0 Å². The van der Waals surface area contributed by atoms with E-state index < -0.39 is 6.04 Å². The Labute approximate surface area is 247 Å². The molecule has 1 aliphatic carbocycles. The Balaban J connectivity index is 1.45. The number of hydrogen-bond acceptors (Lipinski definition) is 4. The van der Waals surface area contributed by atoms with E-state index in [1.807, 2.05) is 72.8 Å². The molecule has 1 N–H and O–H groups in total. The number of carbonyl (C=O) groups excluding carboxylic acids is 2. The maximum Gasteiger partial charge on any atom is 0.251 e. The third-order valence-corrected chi connectivity index (χ3v) is 8.19. The van der Waals surface area contributed by atoms with Crippen LogP contribution in [-0.2, 0) is 15.0 Å². The second kappa shape index (κ2) is 11.2. The number of nitrogens with zero attached hydrogens (tertiary/aromatic N) is 2. The van der Waals surface area contributed by atoms with Crippen LogP contribution in [-0.4, -0.2) is 16.7 Å². The molecule has 0 bridgehead atoms. The fourth-order valence-corrected chi connectivity index (χ4v) is 5.99. The van der Waals surface area contributed by atoms with E-state index in [-0.39, 0.29) is 23.0 Å². The van der Waals surface area contributed by atoms with E-state index >= 15 is 0 Å². The number of Topliss-reactive ketones (excluding diaryl/α,β-unsaturated/α-hetero) is 1. The minimum absolute atomic E-state index is 0.0414. The van der Waals surface area contributed by atoms with E-state index in [1.54, 1.807) is 23.4 Å². The maximum absolute atomic E-state index is 14.2. The summed E-state index contributed by atoms with van der Waals surface area (Å²) < 4.78 is 0. The van der Waals surface area contributed by atoms with Crippen molar-refractivity contribution >= 4 is 29.1 Å². The Kier molecular flexibility index (Phi) is 7.34. The lowest BCUT2D eigenvalue weighted by molar-refractivity contribution is -0.116. The molecule has 0 fully saturated rings. The molecular weight excluding hydrogens is 518 g/mol. The first kappa shape index (κ1) is 27.4. The highest BCUT2D eigenvalue weighted by atomic mass is 16.2. The first-order valence-electron chi connectivity index (χ1n) is 14.5. The number of anilines is 2. The number of fused-ring (bicyclic) bond motifs is 1. The lowest BCUT2D eigenvalue weighted by Crippen LogP contribution is -2.37. The molecule has 0 saturated carbocycles. The average Bonchev–Trinajstić information content (AvgIpc) is 3.15. The lowest BCUT2D eigenvalue weighted by Gasteiger charge is -2.34. The number of rotatable bonds is 4. The summed E-state index contributed by atoms with van der Waals surface area (Å²) in [6.07, 6.45) is 7.93. The van der Waals surface area contributed by atoms with E-state index in [9.17, 15) is 9.59 Å². The largest absolute Gasteiger partial charge is 0.357 e. The van der Waals surface area contributed by atoms with Gasteiger partial charge in [0.1, 0.15) is 0 Å². The number of benzene rings is 3. The fourth-order valence-electron chi connectivity index (χ4n) is 5.99. The number of carbonyl (C=O) groups is 2. The lowest BCUT2D eigenvalue weighted by atomic mass is 9.77. The Hall–Kier alpha value is -4.77. The number of amides is 1. The first-order chi connectivity index (χ1) is 20.3. The van der Waals surface area contributed by atoms with Gasteiger partial charge in [0.2, 0.25) is 0 Å². The molecular formula is C37H35N3O2. The smallest absolute Gasteiger partial charge is 0.251 e. The zero-order chi connectivity index (χ0) is 29.3. The fraction of sp³-hybridized carbons (Fsp3) is 0.216. The Bertz CT molecular complexity index is 1670. The summed E-state index contributed by atoms with van der Waals surface area (Å²) in [6, 6.07) is 29.4. The molecule has 6 rings (SSSR count). The molecule has 5 nitrogen and oxygen atoms in total. The van der Waals surface area contributed by atoms with Crippen molar-refractivity contribution in [1.82, 2.24) is 4.98 Å². The van der Waals surface area contributed by atoms with Crippen LogP contribution in [0.3, 0.4) is 0 Å². The third-order valence-electron chi connectivity index (χ3n) is 8.19. The highest BCUT2D eigenvalue weighted by Crippen LogP contribution is 2.47. The van der Waals surface area contributed by atoms with Gasteiger partial charge in [-0.1, -0.05) is 93.6 Å². The average molecular weight is 554 g/mol. The van der Waals surface area contributed by atoms with Gasteiger partial charge >= 0.3 is 0 Å². The van der Waals surface area contributed by atoms with Gasteiger partial charge < -0.3 is 5.32 Å². The zero-order valence-corrected chi connectivity index (χ0v) is 24.2. The quantitative estimate of drug-likeness (QED) is 0.260. The molecule has 42 heavy (non-hydrogen) atoms. The molecule has 3 aromatic carbocycles. The van der Waals surface area contributed by atoms with Crippen molar-refractivity contribution in [3.05, 3.63) is 143 Å². The van der Waals surface area contributed by atoms with Gasteiger partial charge in [-0.15, -0.1) is 0 Å². The van der Waals surface area contributed by atoms with Crippen LogP contribution in [0.5, 0.6) is 0 Å². The predicted molar refractivity (Wildman–Crippen MR) is 169 cm³/mol. The normalized spacial score (nSPS) is 18.7. The summed E-state index contributed by atoms with van der Waals surface area (Å²) in [5.74, 6) is -0.122. The molecule has 4 aromatic rings. The Morgan fingerprint density at radius 2 is 1.62 bits per heavy atom. The van der Waals surface area contributed by atoms with Crippen LogP contribution in [0, 0.1) is 0 Å². The highest BCUT2D eigenvalue weighted by molar-refractivity contribution is 6.10. The zero-order valence-electron chi connectivity index (χ0n) is 24.2. The Morgan fingerprint density at radius 1 is 0.881 bits per heavy atom. The monoisotopic (exact) mass is 553 g/mol. The second-order valence-corrected chi connectivity index (χ2v) is 12.1. The molecule has 0 spiro atoms. The molecule has 1 amide bonds. The van der Waals surface area contributed by atoms with E-state index in [0.29, 0.717) is 18.4 Å². The van der Waals surface area contributed by atoms with Crippen molar-refractivity contribution in [3.63, 3.8) is 0 Å². The molecule has 2 atom stereocenters. The molecule has 5 heteroatoms. The van der Waals surface area contributed by atoms with Crippen LogP contribution in [0.15, 0.2) is 121 Å². The summed E-state index contributed by atoms with van der Waals surface area (Å²) in [5, 5.41) is 3.61. The van der Waals surface area contributed by atoms with Crippen LogP contribution in [0.25, 0.3) is 6.08 Å². The summed E-state index contributed by atoms with van der Waals surface area (Å²) in [4.78, 5) is 34.4. The van der Waals surface area contributed by atoms with Crippen molar-refractivity contribution in [1.29, 1.82) is 0 Å². The third kappa shape index (κ3) is 5.42. The molecule has 2 heterocycles. The van der Waals surface area contributed by atoms with Gasteiger partial charge in [-0.05, 0) is 64.3 Å². The number of para-hydroxylation sites is 2. The topological polar surface area (TPSA) is 62.3 Å². The Morgan fingerprint density at radius 3 is 2.33 bits per heavy atom. The molecule has 0 radical (unpaired) electrons. The summed E-state index contributed by atoms with van der Waals surface area (Å²) in [7, 11) is 0. The van der Waals surface area contributed by atoms with Crippen LogP contribution in [0.2, 0.25) is 0 Å². The number of nitrogens with one attached hydrogen (secondary N) is 1. The number of pyridine rings is 1.